The highest BCUT2D eigenvalue weighted by atomic mass is 16.5. The van der Waals surface area contributed by atoms with Crippen LogP contribution in [0.5, 0.6) is 17.2 Å². The van der Waals surface area contributed by atoms with Gasteiger partial charge in [0.15, 0.2) is 0 Å². The standard InChI is InChI=1S/C30H39BO3/c1-4-7-22-32-28-16-10-25(11-17-28)31(26-12-18-29(19-13-26)33-23-8-5-2)27-14-20-30(21-15-27)34-24-9-6-3/h10-21H,4-9,22-24H2,1-3H3. The van der Waals surface area contributed by atoms with Crippen molar-refractivity contribution in [3.8, 4) is 17.2 Å². The Morgan fingerprint density at radius 1 is 0.441 bits per heavy atom. The van der Waals surface area contributed by atoms with Crippen LogP contribution in [-0.2, 0) is 0 Å². The first kappa shape index (κ1) is 25.7. The Labute approximate surface area is 206 Å². The fourth-order valence-electron chi connectivity index (χ4n) is 3.85. The summed E-state index contributed by atoms with van der Waals surface area (Å²) in [5.74, 6) is 2.78. The molecular formula is C30H39BO3. The van der Waals surface area contributed by atoms with Gasteiger partial charge in [0.05, 0.1) is 19.8 Å². The fourth-order valence-corrected chi connectivity index (χ4v) is 3.85. The monoisotopic (exact) mass is 458 g/mol. The van der Waals surface area contributed by atoms with E-state index >= 15 is 0 Å². The van der Waals surface area contributed by atoms with E-state index in [1.165, 1.54) is 16.4 Å². The van der Waals surface area contributed by atoms with E-state index in [4.69, 9.17) is 14.2 Å². The lowest BCUT2D eigenvalue weighted by Crippen LogP contribution is -2.51. The lowest BCUT2D eigenvalue weighted by molar-refractivity contribution is 0.309. The van der Waals surface area contributed by atoms with Crippen molar-refractivity contribution in [1.82, 2.24) is 0 Å². The fraction of sp³-hybridized carbons (Fsp3) is 0.400. The molecule has 3 aromatic rings. The molecule has 3 nitrogen and oxygen atoms in total. The molecule has 0 saturated heterocycles. The second kappa shape index (κ2) is 14.4. The summed E-state index contributed by atoms with van der Waals surface area (Å²) < 4.78 is 17.7. The highest BCUT2D eigenvalue weighted by molar-refractivity contribution is 6.95. The van der Waals surface area contributed by atoms with Crippen LogP contribution in [0.25, 0.3) is 0 Å². The van der Waals surface area contributed by atoms with E-state index in [9.17, 15) is 0 Å². The predicted octanol–water partition coefficient (Wildman–Crippen LogP) is 5.74. The lowest BCUT2D eigenvalue weighted by Gasteiger charge is -2.17. The Bertz CT molecular complexity index is 809. The van der Waals surface area contributed by atoms with Crippen molar-refractivity contribution in [2.75, 3.05) is 19.8 Å². The minimum absolute atomic E-state index is 0.124. The third-order valence-electron chi connectivity index (χ3n) is 5.94. The number of unbranched alkanes of at least 4 members (excludes halogenated alkanes) is 3. The second-order valence-electron chi connectivity index (χ2n) is 8.75. The van der Waals surface area contributed by atoms with Gasteiger partial charge in [-0.2, -0.15) is 0 Å². The highest BCUT2D eigenvalue weighted by Crippen LogP contribution is 2.13. The summed E-state index contributed by atoms with van der Waals surface area (Å²) >= 11 is 0. The molecule has 0 saturated carbocycles. The van der Waals surface area contributed by atoms with Gasteiger partial charge in [-0.15, -0.1) is 0 Å². The number of benzene rings is 3. The third kappa shape index (κ3) is 7.86. The first-order valence-corrected chi connectivity index (χ1v) is 12.9. The first-order valence-electron chi connectivity index (χ1n) is 12.9. The highest BCUT2D eigenvalue weighted by Gasteiger charge is 2.22. The van der Waals surface area contributed by atoms with Gasteiger partial charge in [-0.25, -0.2) is 0 Å². The smallest absolute Gasteiger partial charge is 0.241 e. The van der Waals surface area contributed by atoms with Gasteiger partial charge in [-0.1, -0.05) is 92.8 Å². The topological polar surface area (TPSA) is 27.7 Å². The van der Waals surface area contributed by atoms with E-state index in [0.29, 0.717) is 0 Å². The average Bonchev–Trinajstić information content (AvgIpc) is 2.87. The molecule has 0 atom stereocenters. The quantitative estimate of drug-likeness (QED) is 0.215. The van der Waals surface area contributed by atoms with Crippen molar-refractivity contribution in [3.63, 3.8) is 0 Å². The molecule has 0 aliphatic carbocycles. The van der Waals surface area contributed by atoms with Crippen LogP contribution in [0.3, 0.4) is 0 Å². The molecule has 4 heteroatoms. The molecule has 0 aliphatic heterocycles. The van der Waals surface area contributed by atoms with Crippen molar-refractivity contribution in [2.45, 2.75) is 59.3 Å². The van der Waals surface area contributed by atoms with E-state index < -0.39 is 0 Å². The van der Waals surface area contributed by atoms with Gasteiger partial charge < -0.3 is 14.2 Å². The van der Waals surface area contributed by atoms with Gasteiger partial charge >= 0.3 is 0 Å². The zero-order valence-corrected chi connectivity index (χ0v) is 21.1. The maximum absolute atomic E-state index is 5.88. The Kier molecular flexibility index (Phi) is 10.9. The summed E-state index contributed by atoms with van der Waals surface area (Å²) in [5, 5.41) is 0. The molecule has 0 aromatic heterocycles. The second-order valence-corrected chi connectivity index (χ2v) is 8.75. The average molecular weight is 458 g/mol. The summed E-state index contributed by atoms with van der Waals surface area (Å²) in [6, 6.07) is 25.6. The number of hydrogen-bond acceptors (Lipinski definition) is 3. The maximum Gasteiger partial charge on any atom is 0.241 e. The number of hydrogen-bond donors (Lipinski definition) is 0. The molecule has 0 radical (unpaired) electrons. The van der Waals surface area contributed by atoms with Crippen LogP contribution in [0.15, 0.2) is 72.8 Å². The van der Waals surface area contributed by atoms with Crippen molar-refractivity contribution < 1.29 is 14.2 Å². The molecule has 0 spiro atoms. The summed E-state index contributed by atoms with van der Waals surface area (Å²) in [5.41, 5.74) is 3.71. The molecular weight excluding hydrogens is 419 g/mol. The van der Waals surface area contributed by atoms with Crippen molar-refractivity contribution in [2.24, 2.45) is 0 Å². The van der Waals surface area contributed by atoms with E-state index in [2.05, 4.69) is 93.6 Å². The third-order valence-corrected chi connectivity index (χ3v) is 5.94. The van der Waals surface area contributed by atoms with Gasteiger partial charge in [-0.3, -0.25) is 0 Å². The Balaban J connectivity index is 1.83. The van der Waals surface area contributed by atoms with Gasteiger partial charge in [0, 0.05) is 0 Å². The van der Waals surface area contributed by atoms with E-state index in [-0.39, 0.29) is 6.71 Å². The van der Waals surface area contributed by atoms with Gasteiger partial charge in [0.25, 0.3) is 0 Å². The molecule has 0 aliphatic rings. The molecule has 180 valence electrons. The Morgan fingerprint density at radius 2 is 0.706 bits per heavy atom. The zero-order valence-electron chi connectivity index (χ0n) is 21.1. The van der Waals surface area contributed by atoms with Gasteiger partial charge in [0.1, 0.15) is 17.2 Å². The zero-order chi connectivity index (χ0) is 24.0. The van der Waals surface area contributed by atoms with Crippen LogP contribution >= 0.6 is 0 Å². The SMILES string of the molecule is CCCCOc1ccc(B(c2ccc(OCCCC)cc2)c2ccc(OCCCC)cc2)cc1. The van der Waals surface area contributed by atoms with Crippen LogP contribution in [0, 0.1) is 0 Å². The molecule has 3 aromatic carbocycles. The maximum atomic E-state index is 5.88. The van der Waals surface area contributed by atoms with Gasteiger partial charge in [0.2, 0.25) is 6.71 Å². The minimum Gasteiger partial charge on any atom is -0.494 e. The van der Waals surface area contributed by atoms with E-state index in [0.717, 1.165) is 75.6 Å². The summed E-state index contributed by atoms with van der Waals surface area (Å²) in [4.78, 5) is 0. The van der Waals surface area contributed by atoms with Gasteiger partial charge in [-0.05, 0) is 55.7 Å². The minimum atomic E-state index is 0.124. The molecule has 0 unspecified atom stereocenters. The number of ether oxygens (including phenoxy) is 3. The summed E-state index contributed by atoms with van der Waals surface area (Å²) in [6.07, 6.45) is 6.63. The summed E-state index contributed by atoms with van der Waals surface area (Å²) in [7, 11) is 0. The number of rotatable bonds is 15. The summed E-state index contributed by atoms with van der Waals surface area (Å²) in [6.45, 7) is 8.94. The Hall–Kier alpha value is -2.88. The van der Waals surface area contributed by atoms with Crippen LogP contribution in [-0.4, -0.2) is 26.5 Å². The molecule has 0 heterocycles. The molecule has 0 fully saturated rings. The van der Waals surface area contributed by atoms with Crippen molar-refractivity contribution in [1.29, 1.82) is 0 Å². The first-order chi connectivity index (χ1) is 16.7. The lowest BCUT2D eigenvalue weighted by atomic mass is 9.37. The predicted molar refractivity (Wildman–Crippen MR) is 145 cm³/mol. The van der Waals surface area contributed by atoms with E-state index in [1.54, 1.807) is 0 Å². The molecule has 3 rings (SSSR count). The largest absolute Gasteiger partial charge is 0.494 e. The molecule has 0 N–H and O–H groups in total. The molecule has 0 amide bonds. The van der Waals surface area contributed by atoms with Crippen molar-refractivity contribution >= 4 is 23.1 Å². The van der Waals surface area contributed by atoms with Crippen LogP contribution in [0.1, 0.15) is 59.3 Å². The van der Waals surface area contributed by atoms with Crippen LogP contribution < -0.4 is 30.6 Å². The van der Waals surface area contributed by atoms with Crippen LogP contribution in [0.4, 0.5) is 0 Å². The van der Waals surface area contributed by atoms with E-state index in [1.807, 2.05) is 0 Å². The normalized spacial score (nSPS) is 10.7. The van der Waals surface area contributed by atoms with Crippen molar-refractivity contribution in [3.05, 3.63) is 72.8 Å². The Morgan fingerprint density at radius 3 is 0.941 bits per heavy atom. The molecule has 34 heavy (non-hydrogen) atoms. The molecule has 0 bridgehead atoms. The van der Waals surface area contributed by atoms with Crippen LogP contribution in [0.2, 0.25) is 0 Å².